The van der Waals surface area contributed by atoms with Gasteiger partial charge in [0.15, 0.2) is 11.8 Å². The van der Waals surface area contributed by atoms with E-state index in [1.165, 1.54) is 4.57 Å². The summed E-state index contributed by atoms with van der Waals surface area (Å²) in [7, 11) is 0. The number of nitrogens with zero attached hydrogens (tertiary/aromatic N) is 3. The van der Waals surface area contributed by atoms with Gasteiger partial charge in [0.1, 0.15) is 6.54 Å². The first-order chi connectivity index (χ1) is 16.0. The van der Waals surface area contributed by atoms with Crippen molar-refractivity contribution in [1.29, 1.82) is 0 Å². The number of halogens is 3. The molecule has 0 atom stereocenters. The van der Waals surface area contributed by atoms with Crippen LogP contribution in [-0.2, 0) is 17.8 Å². The van der Waals surface area contributed by atoms with Gasteiger partial charge in [-0.05, 0) is 24.0 Å². The zero-order valence-corrected chi connectivity index (χ0v) is 22.1. The molecule has 0 aliphatic heterocycles. The van der Waals surface area contributed by atoms with Crippen LogP contribution in [0.1, 0.15) is 12.0 Å². The molecule has 3 rings (SSSR count). The van der Waals surface area contributed by atoms with Crippen molar-refractivity contribution in [2.75, 3.05) is 25.0 Å². The first-order valence-corrected chi connectivity index (χ1v) is 10.8. The van der Waals surface area contributed by atoms with Crippen molar-refractivity contribution in [3.63, 3.8) is 0 Å². The van der Waals surface area contributed by atoms with Gasteiger partial charge in [0.2, 0.25) is 5.91 Å². The second-order valence-electron chi connectivity index (χ2n) is 7.42. The zero-order chi connectivity index (χ0) is 23.5. The van der Waals surface area contributed by atoms with Gasteiger partial charge in [-0.25, -0.2) is 4.98 Å². The highest BCUT2D eigenvalue weighted by atomic mass is 35.5. The number of aliphatic imine (C=N–C) groups is 1. The minimum Gasteiger partial charge on any atom is -0.370 e. The number of anilines is 1. The molecule has 36 heavy (non-hydrogen) atoms. The summed E-state index contributed by atoms with van der Waals surface area (Å²) in [5.74, 6) is -0.0453. The third-order valence-electron chi connectivity index (χ3n) is 4.93. The van der Waals surface area contributed by atoms with Gasteiger partial charge in [0.25, 0.3) is 5.56 Å². The maximum absolute atomic E-state index is 13.2. The molecule has 12 heteroatoms. The standard InChI is InChI=1S/C24H29N7O2.3ClH/c25-24(26)29-14-7-13-27-21(32)17-31-20(19-10-5-2-6-11-19)16-30-22(23(31)33)28-15-12-18-8-3-1-4-9-18;;;/h1-6,8-11,16H,7,12-15,17H2,(H,27,32)(H,28,30)(H4,25,26,29);3*1H. The molecule has 0 saturated heterocycles. The molecule has 0 bridgehead atoms. The maximum Gasteiger partial charge on any atom is 0.294 e. The highest BCUT2D eigenvalue weighted by Crippen LogP contribution is 2.17. The molecular weight excluding hydrogens is 525 g/mol. The molecule has 0 aliphatic rings. The zero-order valence-electron chi connectivity index (χ0n) is 19.6. The van der Waals surface area contributed by atoms with Gasteiger partial charge in [0, 0.05) is 19.6 Å². The van der Waals surface area contributed by atoms with Crippen LogP contribution < -0.4 is 27.7 Å². The molecule has 1 aromatic heterocycles. The van der Waals surface area contributed by atoms with Gasteiger partial charge in [-0.2, -0.15) is 0 Å². The second-order valence-corrected chi connectivity index (χ2v) is 7.42. The first-order valence-electron chi connectivity index (χ1n) is 10.8. The fourth-order valence-electron chi connectivity index (χ4n) is 3.29. The Hall–Kier alpha value is -3.27. The smallest absolute Gasteiger partial charge is 0.294 e. The van der Waals surface area contributed by atoms with Crippen LogP contribution in [0.5, 0.6) is 0 Å². The number of nitrogens with two attached hydrogens (primary N) is 2. The van der Waals surface area contributed by atoms with Crippen molar-refractivity contribution in [3.8, 4) is 11.3 Å². The van der Waals surface area contributed by atoms with Gasteiger partial charge in [-0.15, -0.1) is 37.2 Å². The number of hydrogen-bond donors (Lipinski definition) is 4. The molecule has 6 N–H and O–H groups in total. The van der Waals surface area contributed by atoms with Crippen molar-refractivity contribution in [1.82, 2.24) is 14.9 Å². The maximum atomic E-state index is 13.2. The van der Waals surface area contributed by atoms with E-state index >= 15 is 0 Å². The Morgan fingerprint density at radius 2 is 1.58 bits per heavy atom. The van der Waals surface area contributed by atoms with E-state index in [1.807, 2.05) is 60.7 Å². The Bertz CT molecular complexity index is 1140. The summed E-state index contributed by atoms with van der Waals surface area (Å²) in [5.41, 5.74) is 12.8. The average Bonchev–Trinajstić information content (AvgIpc) is 2.82. The lowest BCUT2D eigenvalue weighted by Gasteiger charge is -2.15. The van der Waals surface area contributed by atoms with E-state index in [4.69, 9.17) is 11.5 Å². The van der Waals surface area contributed by atoms with Gasteiger partial charge in [-0.3, -0.25) is 19.1 Å². The third-order valence-corrected chi connectivity index (χ3v) is 4.93. The van der Waals surface area contributed by atoms with Crippen LogP contribution >= 0.6 is 37.2 Å². The molecule has 2 aromatic carbocycles. The first kappa shape index (κ1) is 32.7. The summed E-state index contributed by atoms with van der Waals surface area (Å²) >= 11 is 0. The van der Waals surface area contributed by atoms with Crippen molar-refractivity contribution < 1.29 is 4.79 Å². The highest BCUT2D eigenvalue weighted by Gasteiger charge is 2.14. The van der Waals surface area contributed by atoms with Crippen molar-refractivity contribution >= 4 is 54.9 Å². The molecule has 3 aromatic rings. The van der Waals surface area contributed by atoms with Crippen LogP contribution in [0.3, 0.4) is 0 Å². The second kappa shape index (κ2) is 17.2. The fourth-order valence-corrected chi connectivity index (χ4v) is 3.29. The Kier molecular flexibility index (Phi) is 15.6. The van der Waals surface area contributed by atoms with Gasteiger partial charge < -0.3 is 22.1 Å². The summed E-state index contributed by atoms with van der Waals surface area (Å²) < 4.78 is 1.44. The lowest BCUT2D eigenvalue weighted by molar-refractivity contribution is -0.121. The fraction of sp³-hybridized carbons (Fsp3) is 0.250. The molecule has 0 fully saturated rings. The predicted molar refractivity (Wildman–Crippen MR) is 153 cm³/mol. The molecule has 0 unspecified atom stereocenters. The Balaban J connectivity index is 0.00000408. The van der Waals surface area contributed by atoms with Crippen LogP contribution in [0.15, 0.2) is 76.6 Å². The van der Waals surface area contributed by atoms with Crippen LogP contribution in [0, 0.1) is 0 Å². The number of nitrogens with one attached hydrogen (secondary N) is 2. The Morgan fingerprint density at radius 1 is 0.944 bits per heavy atom. The number of rotatable bonds is 11. The van der Waals surface area contributed by atoms with E-state index in [1.54, 1.807) is 6.20 Å². The van der Waals surface area contributed by atoms with Gasteiger partial charge in [0.05, 0.1) is 11.9 Å². The number of carbonyl (C=O) groups is 1. The van der Waals surface area contributed by atoms with E-state index < -0.39 is 0 Å². The lowest BCUT2D eigenvalue weighted by atomic mass is 10.1. The summed E-state index contributed by atoms with van der Waals surface area (Å²) in [4.78, 5) is 34.0. The number of amides is 1. The van der Waals surface area contributed by atoms with Gasteiger partial charge in [-0.1, -0.05) is 60.7 Å². The molecule has 1 amide bonds. The van der Waals surface area contributed by atoms with Crippen molar-refractivity contribution in [3.05, 3.63) is 82.8 Å². The average molecular weight is 557 g/mol. The molecule has 0 aliphatic carbocycles. The van der Waals surface area contributed by atoms with E-state index in [0.717, 1.165) is 17.5 Å². The normalized spacial score (nSPS) is 9.56. The van der Waals surface area contributed by atoms with Crippen LogP contribution in [0.25, 0.3) is 11.3 Å². The minimum atomic E-state index is -0.347. The monoisotopic (exact) mass is 555 g/mol. The predicted octanol–water partition coefficient (Wildman–Crippen LogP) is 2.61. The third kappa shape index (κ3) is 10.2. The summed E-state index contributed by atoms with van der Waals surface area (Å²) in [6, 6.07) is 19.4. The summed E-state index contributed by atoms with van der Waals surface area (Å²) in [6.45, 7) is 1.25. The molecule has 9 nitrogen and oxygen atoms in total. The van der Waals surface area contributed by atoms with E-state index in [0.29, 0.717) is 31.7 Å². The Morgan fingerprint density at radius 3 is 2.22 bits per heavy atom. The van der Waals surface area contributed by atoms with Crippen molar-refractivity contribution in [2.24, 2.45) is 16.5 Å². The highest BCUT2D eigenvalue weighted by molar-refractivity contribution is 5.86. The largest absolute Gasteiger partial charge is 0.370 e. The van der Waals surface area contributed by atoms with Gasteiger partial charge >= 0.3 is 0 Å². The quantitative estimate of drug-likeness (QED) is 0.163. The lowest BCUT2D eigenvalue weighted by Crippen LogP contribution is -2.35. The van der Waals surface area contributed by atoms with E-state index in [9.17, 15) is 9.59 Å². The molecule has 0 radical (unpaired) electrons. The minimum absolute atomic E-state index is 0. The molecule has 0 saturated carbocycles. The number of aromatic nitrogens is 2. The molecule has 196 valence electrons. The van der Waals surface area contributed by atoms with Crippen LogP contribution in [0.2, 0.25) is 0 Å². The van der Waals surface area contributed by atoms with Crippen LogP contribution in [-0.4, -0.2) is 41.1 Å². The van der Waals surface area contributed by atoms with E-state index in [2.05, 4.69) is 20.6 Å². The van der Waals surface area contributed by atoms with Crippen LogP contribution in [0.4, 0.5) is 5.82 Å². The molecular formula is C24H32Cl3N7O2. The van der Waals surface area contributed by atoms with E-state index in [-0.39, 0.29) is 67.0 Å². The van der Waals surface area contributed by atoms with Crippen molar-refractivity contribution in [2.45, 2.75) is 19.4 Å². The summed E-state index contributed by atoms with van der Waals surface area (Å²) in [6.07, 6.45) is 2.96. The Labute approximate surface area is 229 Å². The molecule has 1 heterocycles. The summed E-state index contributed by atoms with van der Waals surface area (Å²) in [5, 5.41) is 5.91. The SMILES string of the molecule is Cl.Cl.Cl.NC(N)=NCCCNC(=O)Cn1c(-c2ccccc2)cnc(NCCc2ccccc2)c1=O. The number of carbonyl (C=O) groups excluding carboxylic acids is 1. The molecule has 0 spiro atoms. The number of guanidine groups is 1. The topological polar surface area (TPSA) is 140 Å². The number of benzene rings is 2. The number of hydrogen-bond acceptors (Lipinski definition) is 5.